The molecule has 0 saturated heterocycles. The third kappa shape index (κ3) is 6.73. The summed E-state index contributed by atoms with van der Waals surface area (Å²) in [6, 6.07) is 13.9. The van der Waals surface area contributed by atoms with Crippen molar-refractivity contribution in [3.63, 3.8) is 0 Å². The van der Waals surface area contributed by atoms with Crippen LogP contribution in [0, 0.1) is 0 Å². The van der Waals surface area contributed by atoms with E-state index in [1.165, 1.54) is 43.3 Å². The number of ether oxygens (including phenoxy) is 1. The van der Waals surface area contributed by atoms with E-state index in [2.05, 4.69) is 4.99 Å². The zero-order valence-corrected chi connectivity index (χ0v) is 21.0. The fourth-order valence-electron chi connectivity index (χ4n) is 2.87. The van der Waals surface area contributed by atoms with Crippen molar-refractivity contribution in [1.82, 2.24) is 4.90 Å². The monoisotopic (exact) mass is 537 g/mol. The van der Waals surface area contributed by atoms with E-state index in [4.69, 9.17) is 10.5 Å². The lowest BCUT2D eigenvalue weighted by atomic mass is 10.1. The predicted octanol–water partition coefficient (Wildman–Crippen LogP) is 5.40. The van der Waals surface area contributed by atoms with Gasteiger partial charge in [0.1, 0.15) is 11.4 Å². The van der Waals surface area contributed by atoms with Gasteiger partial charge in [-0.25, -0.2) is 18.2 Å². The van der Waals surface area contributed by atoms with Gasteiger partial charge in [0.25, 0.3) is 0 Å². The first kappa shape index (κ1) is 27.0. The van der Waals surface area contributed by atoms with Crippen LogP contribution in [-0.2, 0) is 9.84 Å². The fourth-order valence-corrected chi connectivity index (χ4v) is 4.41. The van der Waals surface area contributed by atoms with Gasteiger partial charge in [0, 0.05) is 20.4 Å². The summed E-state index contributed by atoms with van der Waals surface area (Å²) >= 11 is 1.10. The molecule has 0 fully saturated rings. The smallest absolute Gasteiger partial charge is 0.408 e. The van der Waals surface area contributed by atoms with Crippen LogP contribution in [0.5, 0.6) is 5.75 Å². The number of para-hydroxylation sites is 2. The Morgan fingerprint density at radius 2 is 1.78 bits per heavy atom. The fraction of sp³-hybridized carbons (Fsp3) is 0.167. The molecule has 0 spiro atoms. The molecule has 3 rings (SSSR count). The maximum absolute atomic E-state index is 13.3. The average molecular weight is 538 g/mol. The number of nitrogens with two attached hydrogens (primary N) is 1. The molecule has 1 heterocycles. The van der Waals surface area contributed by atoms with E-state index in [-0.39, 0.29) is 22.0 Å². The Labute approximate surface area is 210 Å². The Balaban J connectivity index is 2.12. The molecule has 1 amide bonds. The number of aliphatic imine (C=N–C) groups is 1. The number of halogens is 3. The summed E-state index contributed by atoms with van der Waals surface area (Å²) in [5.41, 5.74) is 5.07. The van der Waals surface area contributed by atoms with E-state index in [9.17, 15) is 26.4 Å². The Hall–Kier alpha value is -3.64. The number of rotatable bonds is 6. The zero-order chi connectivity index (χ0) is 26.7. The van der Waals surface area contributed by atoms with E-state index >= 15 is 0 Å². The van der Waals surface area contributed by atoms with Gasteiger partial charge >= 0.3 is 12.3 Å². The van der Waals surface area contributed by atoms with Gasteiger partial charge in [0.15, 0.2) is 15.6 Å². The number of carbonyl (C=O) groups is 1. The summed E-state index contributed by atoms with van der Waals surface area (Å²) in [6.07, 6.45) is -3.69. The van der Waals surface area contributed by atoms with Crippen LogP contribution in [0.25, 0.3) is 11.1 Å². The molecule has 0 aliphatic carbocycles. The molecule has 0 aliphatic heterocycles. The first-order valence-electron chi connectivity index (χ1n) is 10.3. The van der Waals surface area contributed by atoms with Crippen molar-refractivity contribution in [2.24, 2.45) is 10.7 Å². The summed E-state index contributed by atoms with van der Waals surface area (Å²) in [5.74, 6) is 0.0466. The largest absolute Gasteiger partial charge is 0.430 e. The Morgan fingerprint density at radius 3 is 2.42 bits per heavy atom. The van der Waals surface area contributed by atoms with Gasteiger partial charge in [-0.2, -0.15) is 13.2 Å². The van der Waals surface area contributed by atoms with Crippen LogP contribution in [0.2, 0.25) is 0 Å². The van der Waals surface area contributed by atoms with E-state index in [0.717, 1.165) is 17.6 Å². The summed E-state index contributed by atoms with van der Waals surface area (Å²) < 4.78 is 68.9. The Bertz CT molecular complexity index is 1440. The Morgan fingerprint density at radius 1 is 1.08 bits per heavy atom. The maximum Gasteiger partial charge on any atom is 0.430 e. The van der Waals surface area contributed by atoms with Gasteiger partial charge in [0.2, 0.25) is 0 Å². The first-order chi connectivity index (χ1) is 16.8. The lowest BCUT2D eigenvalue weighted by molar-refractivity contribution is -0.0925. The number of carbonyl (C=O) groups excluding carboxylic acids is 1. The summed E-state index contributed by atoms with van der Waals surface area (Å²) in [7, 11) is -0.484. The van der Waals surface area contributed by atoms with Crippen LogP contribution < -0.4 is 10.5 Å². The number of alkyl halides is 3. The summed E-state index contributed by atoms with van der Waals surface area (Å²) in [6.45, 7) is 0. The molecule has 0 unspecified atom stereocenters. The van der Waals surface area contributed by atoms with Crippen molar-refractivity contribution in [3.8, 4) is 16.9 Å². The second-order valence-electron chi connectivity index (χ2n) is 7.82. The van der Waals surface area contributed by atoms with E-state index in [0.29, 0.717) is 22.1 Å². The van der Waals surface area contributed by atoms with Crippen LogP contribution in [0.4, 0.5) is 23.7 Å². The second-order valence-corrected chi connectivity index (χ2v) is 10.8. The molecule has 2 N–H and O–H groups in total. The number of hydrogen-bond acceptors (Lipinski definition) is 7. The van der Waals surface area contributed by atoms with E-state index in [1.807, 2.05) is 0 Å². The molecule has 2 aromatic carbocycles. The summed E-state index contributed by atoms with van der Waals surface area (Å²) in [5, 5.41) is 1.67. The number of hydrogen-bond donors (Lipinski definition) is 1. The van der Waals surface area contributed by atoms with Crippen molar-refractivity contribution in [1.29, 1.82) is 0 Å². The minimum atomic E-state index is -4.79. The number of thiophene rings is 1. The number of nitrogens with zero attached hydrogens (tertiary/aromatic N) is 2. The van der Waals surface area contributed by atoms with Crippen molar-refractivity contribution >= 4 is 38.7 Å². The van der Waals surface area contributed by atoms with Crippen LogP contribution >= 0.6 is 11.3 Å². The highest BCUT2D eigenvalue weighted by Crippen LogP contribution is 2.33. The summed E-state index contributed by atoms with van der Waals surface area (Å²) in [4.78, 5) is 18.0. The van der Waals surface area contributed by atoms with Crippen LogP contribution in [-0.4, -0.2) is 51.7 Å². The van der Waals surface area contributed by atoms with Gasteiger partial charge in [-0.15, -0.1) is 11.3 Å². The number of sulfone groups is 1. The SMILES string of the molecule is CN(C)C(=O)Oc1ccccc1N=C(C=C(N)C(F)(F)F)c1cc(-c2cccc(S(C)(=O)=O)c2)cs1. The van der Waals surface area contributed by atoms with Gasteiger partial charge in [-0.1, -0.05) is 24.3 Å². The highest BCUT2D eigenvalue weighted by Gasteiger charge is 2.32. The third-order valence-electron chi connectivity index (χ3n) is 4.74. The number of amides is 1. The lowest BCUT2D eigenvalue weighted by Crippen LogP contribution is -2.25. The molecule has 0 saturated carbocycles. The van der Waals surface area contributed by atoms with Gasteiger partial charge < -0.3 is 15.4 Å². The van der Waals surface area contributed by atoms with Gasteiger partial charge in [-0.05, 0) is 52.9 Å². The van der Waals surface area contributed by atoms with E-state index in [1.54, 1.807) is 35.7 Å². The topological polar surface area (TPSA) is 102 Å². The molecule has 7 nitrogen and oxygen atoms in total. The molecule has 0 atom stereocenters. The van der Waals surface area contributed by atoms with Crippen molar-refractivity contribution < 1.29 is 31.1 Å². The molecule has 0 radical (unpaired) electrons. The van der Waals surface area contributed by atoms with Crippen molar-refractivity contribution in [2.45, 2.75) is 11.1 Å². The molecule has 0 aliphatic rings. The van der Waals surface area contributed by atoms with Crippen LogP contribution in [0.15, 0.2) is 81.6 Å². The Kier molecular flexibility index (Phi) is 7.89. The van der Waals surface area contributed by atoms with Crippen LogP contribution in [0.3, 0.4) is 0 Å². The van der Waals surface area contributed by atoms with Crippen molar-refractivity contribution in [2.75, 3.05) is 20.4 Å². The molecule has 3 aromatic rings. The predicted molar refractivity (Wildman–Crippen MR) is 134 cm³/mol. The molecule has 190 valence electrons. The van der Waals surface area contributed by atoms with Gasteiger partial charge in [-0.3, -0.25) is 0 Å². The molecule has 1 aromatic heterocycles. The number of allylic oxidation sites excluding steroid dienone is 2. The molecule has 12 heteroatoms. The highest BCUT2D eigenvalue weighted by molar-refractivity contribution is 7.90. The highest BCUT2D eigenvalue weighted by atomic mass is 32.2. The van der Waals surface area contributed by atoms with Gasteiger partial charge in [0.05, 0.1) is 15.5 Å². The molecular formula is C24H22F3N3O4S2. The first-order valence-corrected chi connectivity index (χ1v) is 13.0. The maximum atomic E-state index is 13.3. The average Bonchev–Trinajstić information content (AvgIpc) is 3.29. The lowest BCUT2D eigenvalue weighted by Gasteiger charge is -2.12. The zero-order valence-electron chi connectivity index (χ0n) is 19.4. The third-order valence-corrected chi connectivity index (χ3v) is 6.80. The minimum absolute atomic E-state index is 0.0466. The normalized spacial score (nSPS) is 12.9. The molecule has 36 heavy (non-hydrogen) atoms. The quantitative estimate of drug-likeness (QED) is 0.424. The van der Waals surface area contributed by atoms with Crippen LogP contribution in [0.1, 0.15) is 4.88 Å². The standard InChI is InChI=1S/C24H22F3N3O4S2/c1-30(2)23(31)34-20-10-5-4-9-18(20)29-19(13-22(28)24(25,26)27)21-12-16(14-35-21)15-7-6-8-17(11-15)36(3,32)33/h4-14H,28H2,1-3H3. The molecule has 0 bridgehead atoms. The van der Waals surface area contributed by atoms with E-state index < -0.39 is 27.8 Å². The molecular weight excluding hydrogens is 515 g/mol. The number of benzene rings is 2. The second kappa shape index (κ2) is 10.5. The minimum Gasteiger partial charge on any atom is -0.408 e. The van der Waals surface area contributed by atoms with Crippen molar-refractivity contribution in [3.05, 3.63) is 76.6 Å².